The van der Waals surface area contributed by atoms with Gasteiger partial charge in [0.1, 0.15) is 0 Å². The largest absolute Gasteiger partial charge is 0.617 e. The van der Waals surface area contributed by atoms with Crippen LogP contribution in [-0.2, 0) is 67.1 Å². The van der Waals surface area contributed by atoms with Gasteiger partial charge in [0.25, 0.3) is 0 Å². The first-order chi connectivity index (χ1) is 10.4. The van der Waals surface area contributed by atoms with Crippen molar-refractivity contribution in [1.82, 2.24) is 0 Å². The average molecular weight is 469 g/mol. The first-order valence-electron chi connectivity index (χ1n) is 5.90. The molecule has 24 heavy (non-hydrogen) atoms. The third-order valence-electron chi connectivity index (χ3n) is 0. The number of hydrogen-bond acceptors (Lipinski definition) is 6. The van der Waals surface area contributed by atoms with E-state index in [9.17, 15) is 27.3 Å². The van der Waals surface area contributed by atoms with E-state index in [-0.39, 0.29) is 0 Å². The maximum atomic E-state index is 9.56. The summed E-state index contributed by atoms with van der Waals surface area (Å²) in [6.45, 7) is 0. The normalized spacial score (nSPS) is 9.00. The fourth-order valence-corrected chi connectivity index (χ4v) is 0. The monoisotopic (exact) mass is 468 g/mol. The van der Waals surface area contributed by atoms with E-state index in [0.717, 1.165) is 0 Å². The van der Waals surface area contributed by atoms with Crippen molar-refractivity contribution in [3.8, 4) is 0 Å². The fourth-order valence-electron chi connectivity index (χ4n) is 0. The van der Waals surface area contributed by atoms with Crippen LogP contribution in [0.5, 0.6) is 0 Å². The second kappa shape index (κ2) is 35.9. The van der Waals surface area contributed by atoms with Gasteiger partial charge in [0.05, 0.1) is 75.1 Å². The van der Waals surface area contributed by atoms with E-state index in [2.05, 4.69) is 0 Å². The van der Waals surface area contributed by atoms with Gasteiger partial charge in [-0.1, -0.05) is 67.1 Å². The lowest BCUT2D eigenvalue weighted by Gasteiger charge is -1.87. The molecule has 0 aliphatic heterocycles. The van der Waals surface area contributed by atoms with Gasteiger partial charge in [-0.25, -0.2) is 0 Å². The van der Waals surface area contributed by atoms with Crippen LogP contribution in [0.4, 0.5) is 0 Å². The Balaban J connectivity index is -0.0000000405. The molecule has 0 spiro atoms. The summed E-state index contributed by atoms with van der Waals surface area (Å²) in [5, 5.41) is 0. The van der Waals surface area contributed by atoms with Crippen molar-refractivity contribution in [3.05, 3.63) is 0 Å². The number of hydrogen-bond donors (Lipinski definition) is 0. The second-order valence-corrected chi connectivity index (χ2v) is 13.3. The van der Waals surface area contributed by atoms with Crippen LogP contribution in [0.25, 0.3) is 0 Å². The summed E-state index contributed by atoms with van der Waals surface area (Å²) < 4.78 is 57.3. The lowest BCUT2D eigenvalue weighted by atomic mass is 11.9. The Morgan fingerprint density at radius 3 is 0.250 bits per heavy atom. The zero-order chi connectivity index (χ0) is 21.5. The van der Waals surface area contributed by atoms with E-state index in [4.69, 9.17) is 0 Å². The van der Waals surface area contributed by atoms with Gasteiger partial charge in [0.2, 0.25) is 0 Å². The molecular weight excluding hydrogens is 433 g/mol. The van der Waals surface area contributed by atoms with E-state index >= 15 is 0 Å². The lowest BCUT2D eigenvalue weighted by Crippen LogP contribution is -1.86. The van der Waals surface area contributed by atoms with Crippen molar-refractivity contribution >= 4 is 67.1 Å². The van der Waals surface area contributed by atoms with Gasteiger partial charge in [0.15, 0.2) is 0 Å². The molecule has 0 bridgehead atoms. The van der Waals surface area contributed by atoms with Crippen LogP contribution in [0.15, 0.2) is 0 Å². The molecule has 0 N–H and O–H groups in total. The minimum Gasteiger partial charge on any atom is -0.617 e. The molecule has 0 aliphatic rings. The molecule has 0 aromatic heterocycles. The van der Waals surface area contributed by atoms with E-state index in [0.29, 0.717) is 0 Å². The Kier molecular flexibility index (Phi) is 60.6. The standard InChI is InChI=1S/6C2H6OS/c6*1-4(2)3/h6*1-2H3. The van der Waals surface area contributed by atoms with Gasteiger partial charge < -0.3 is 27.3 Å². The van der Waals surface area contributed by atoms with E-state index in [1.54, 1.807) is 75.1 Å². The Morgan fingerprint density at radius 1 is 0.250 bits per heavy atom. The third kappa shape index (κ3) is 3600. The molecule has 0 unspecified atom stereocenters. The minimum absolute atomic E-state index is 0.611. The molecule has 12 heteroatoms. The van der Waals surface area contributed by atoms with Crippen molar-refractivity contribution in [1.29, 1.82) is 0 Å². The number of rotatable bonds is 0. The van der Waals surface area contributed by atoms with Gasteiger partial charge >= 0.3 is 0 Å². The topological polar surface area (TPSA) is 138 Å². The molecule has 0 aromatic carbocycles. The molecule has 0 saturated heterocycles. The summed E-state index contributed by atoms with van der Waals surface area (Å²) in [6.07, 6.45) is 19.7. The van der Waals surface area contributed by atoms with Crippen LogP contribution in [0.3, 0.4) is 0 Å². The summed E-state index contributed by atoms with van der Waals surface area (Å²) in [5.74, 6) is 0. The maximum absolute atomic E-state index is 9.56. The van der Waals surface area contributed by atoms with Crippen LogP contribution in [-0.4, -0.2) is 102 Å². The zero-order valence-corrected chi connectivity index (χ0v) is 21.8. The fraction of sp³-hybridized carbons (Fsp3) is 1.00. The summed E-state index contributed by atoms with van der Waals surface area (Å²) in [6, 6.07) is 0. The summed E-state index contributed by atoms with van der Waals surface area (Å²) >= 11 is -3.67. The van der Waals surface area contributed by atoms with Crippen molar-refractivity contribution in [3.63, 3.8) is 0 Å². The lowest BCUT2D eigenvalue weighted by molar-refractivity contribution is 0.605. The Hall–Kier alpha value is 1.86. The van der Waals surface area contributed by atoms with Crippen LogP contribution in [0, 0.1) is 0 Å². The molecule has 0 heterocycles. The summed E-state index contributed by atoms with van der Waals surface area (Å²) in [4.78, 5) is 0. The van der Waals surface area contributed by atoms with Crippen molar-refractivity contribution in [2.24, 2.45) is 0 Å². The van der Waals surface area contributed by atoms with E-state index < -0.39 is 67.1 Å². The molecule has 156 valence electrons. The average Bonchev–Trinajstić information content (AvgIpc) is 2.08. The first kappa shape index (κ1) is 40.5. The quantitative estimate of drug-likeness (QED) is 0.457. The molecular formula is C12H36O6S6. The van der Waals surface area contributed by atoms with Gasteiger partial charge in [-0.2, -0.15) is 0 Å². The SMILES string of the molecule is C[S+](C)[O-].C[S+](C)[O-].C[S+](C)[O-].C[S+](C)[O-].C[S+](C)[O-].C[S+](C)[O-]. The molecule has 0 amide bonds. The predicted molar refractivity (Wildman–Crippen MR) is 120 cm³/mol. The molecule has 0 radical (unpaired) electrons. The maximum Gasteiger partial charge on any atom is 0.0946 e. The Morgan fingerprint density at radius 2 is 0.250 bits per heavy atom. The van der Waals surface area contributed by atoms with Crippen LogP contribution < -0.4 is 0 Å². The molecule has 0 aromatic rings. The first-order valence-corrected chi connectivity index (χ1v) is 17.7. The Labute approximate surface area is 168 Å². The smallest absolute Gasteiger partial charge is 0.0946 e. The minimum atomic E-state index is -0.611. The Bertz CT molecular complexity index is 111. The molecule has 0 fully saturated rings. The highest BCUT2D eigenvalue weighted by Crippen LogP contribution is 1.63. The predicted octanol–water partition coefficient (Wildman–Crippen LogP) is -0.0318. The zero-order valence-electron chi connectivity index (χ0n) is 16.9. The van der Waals surface area contributed by atoms with Crippen molar-refractivity contribution < 1.29 is 27.3 Å². The molecule has 0 rings (SSSR count). The second-order valence-electron chi connectivity index (χ2n) is 4.45. The summed E-state index contributed by atoms with van der Waals surface area (Å²) in [7, 11) is 0. The van der Waals surface area contributed by atoms with Crippen LogP contribution >= 0.6 is 0 Å². The van der Waals surface area contributed by atoms with Crippen LogP contribution in [0.2, 0.25) is 0 Å². The van der Waals surface area contributed by atoms with Gasteiger partial charge in [-0.05, 0) is 0 Å². The van der Waals surface area contributed by atoms with Gasteiger partial charge in [0, 0.05) is 0 Å². The highest BCUT2D eigenvalue weighted by molar-refractivity contribution is 7.91. The third-order valence-corrected chi connectivity index (χ3v) is 0. The molecule has 0 aliphatic carbocycles. The molecule has 0 atom stereocenters. The van der Waals surface area contributed by atoms with E-state index in [1.807, 2.05) is 0 Å². The van der Waals surface area contributed by atoms with Gasteiger partial charge in [-0.15, -0.1) is 0 Å². The van der Waals surface area contributed by atoms with E-state index in [1.165, 1.54) is 0 Å². The van der Waals surface area contributed by atoms with Crippen LogP contribution in [0.1, 0.15) is 0 Å². The van der Waals surface area contributed by atoms with Crippen molar-refractivity contribution in [2.75, 3.05) is 75.1 Å². The highest BCUT2D eigenvalue weighted by Gasteiger charge is 1.68. The highest BCUT2D eigenvalue weighted by atomic mass is 32.2. The van der Waals surface area contributed by atoms with Gasteiger partial charge in [-0.3, -0.25) is 0 Å². The summed E-state index contributed by atoms with van der Waals surface area (Å²) in [5.41, 5.74) is 0. The molecule has 6 nitrogen and oxygen atoms in total. The molecule has 0 saturated carbocycles. The van der Waals surface area contributed by atoms with Crippen molar-refractivity contribution in [2.45, 2.75) is 0 Å².